The minimum atomic E-state index is -0.175. The first kappa shape index (κ1) is 13.7. The van der Waals surface area contributed by atoms with E-state index in [0.29, 0.717) is 22.7 Å². The van der Waals surface area contributed by atoms with Crippen molar-refractivity contribution in [1.82, 2.24) is 5.32 Å². The number of nitrogens with zero attached hydrogens (tertiary/aromatic N) is 2. The van der Waals surface area contributed by atoms with Crippen LogP contribution in [0.15, 0.2) is 0 Å². The van der Waals surface area contributed by atoms with E-state index in [2.05, 4.69) is 16.3 Å². The van der Waals surface area contributed by atoms with Crippen LogP contribution >= 0.6 is 11.3 Å². The molecule has 6 heteroatoms. The van der Waals surface area contributed by atoms with Crippen molar-refractivity contribution in [2.75, 3.05) is 30.3 Å². The summed E-state index contributed by atoms with van der Waals surface area (Å²) in [4.78, 5) is 14.6. The zero-order chi connectivity index (χ0) is 13.8. The van der Waals surface area contributed by atoms with Gasteiger partial charge in [0.2, 0.25) is 0 Å². The van der Waals surface area contributed by atoms with Crippen molar-refractivity contribution in [3.05, 3.63) is 10.4 Å². The second-order valence-corrected chi connectivity index (χ2v) is 5.59. The highest BCUT2D eigenvalue weighted by molar-refractivity contribution is 7.19. The minimum Gasteiger partial charge on any atom is -0.396 e. The highest BCUT2D eigenvalue weighted by atomic mass is 32.1. The maximum atomic E-state index is 12.0. The Labute approximate surface area is 117 Å². The molecule has 1 fully saturated rings. The molecule has 5 nitrogen and oxygen atoms in total. The lowest BCUT2D eigenvalue weighted by Crippen LogP contribution is -2.23. The lowest BCUT2D eigenvalue weighted by Gasteiger charge is -2.14. The maximum absolute atomic E-state index is 12.0. The number of nitrogen functional groups attached to an aromatic ring is 1. The first-order valence-electron chi connectivity index (χ1n) is 6.54. The number of carbonyl (C=O) groups excluding carboxylic acids is 1. The molecule has 1 saturated heterocycles. The van der Waals surface area contributed by atoms with Gasteiger partial charge in [0.05, 0.1) is 5.69 Å². The van der Waals surface area contributed by atoms with Crippen LogP contribution in [0.1, 0.15) is 41.4 Å². The third-order valence-electron chi connectivity index (χ3n) is 3.17. The Hall–Kier alpha value is -1.74. The van der Waals surface area contributed by atoms with Gasteiger partial charge < -0.3 is 16.0 Å². The lowest BCUT2D eigenvalue weighted by molar-refractivity contribution is 0.0958. The summed E-state index contributed by atoms with van der Waals surface area (Å²) in [6.45, 7) is 4.49. The third kappa shape index (κ3) is 2.66. The second-order valence-electron chi connectivity index (χ2n) is 4.59. The smallest absolute Gasteiger partial charge is 0.263 e. The number of hydrogen-bond donors (Lipinski definition) is 2. The molecule has 0 unspecified atom stereocenters. The Bertz CT molecular complexity index is 511. The number of anilines is 2. The van der Waals surface area contributed by atoms with Crippen molar-refractivity contribution in [3.8, 4) is 6.07 Å². The van der Waals surface area contributed by atoms with Gasteiger partial charge in [0.15, 0.2) is 0 Å². The number of hydrogen-bond acceptors (Lipinski definition) is 5. The summed E-state index contributed by atoms with van der Waals surface area (Å²) in [5.74, 6) is -0.175. The molecule has 102 valence electrons. The molecule has 0 saturated carbocycles. The largest absolute Gasteiger partial charge is 0.396 e. The van der Waals surface area contributed by atoms with E-state index in [9.17, 15) is 10.1 Å². The normalized spacial score (nSPS) is 14.4. The summed E-state index contributed by atoms with van der Waals surface area (Å²) in [7, 11) is 0. The van der Waals surface area contributed by atoms with E-state index >= 15 is 0 Å². The zero-order valence-corrected chi connectivity index (χ0v) is 11.8. The second kappa shape index (κ2) is 5.93. The molecule has 0 bridgehead atoms. The molecule has 2 heterocycles. The van der Waals surface area contributed by atoms with Gasteiger partial charge in [-0.25, -0.2) is 0 Å². The molecule has 2 rings (SSSR count). The van der Waals surface area contributed by atoms with Crippen LogP contribution in [0.2, 0.25) is 0 Å². The van der Waals surface area contributed by atoms with Crippen LogP contribution in [0, 0.1) is 11.3 Å². The minimum absolute atomic E-state index is 0.175. The molecule has 0 aromatic carbocycles. The number of nitrogens with one attached hydrogen (secondary N) is 1. The number of nitriles is 1. The Morgan fingerprint density at radius 2 is 2.21 bits per heavy atom. The summed E-state index contributed by atoms with van der Waals surface area (Å²) >= 11 is 1.33. The van der Waals surface area contributed by atoms with Gasteiger partial charge in [0.25, 0.3) is 5.91 Å². The SMILES string of the molecule is CCCNC(=O)c1sc(N2CCCC2)c(C#N)c1N. The van der Waals surface area contributed by atoms with E-state index in [1.54, 1.807) is 0 Å². The zero-order valence-electron chi connectivity index (χ0n) is 11.0. The average Bonchev–Trinajstić information content (AvgIpc) is 3.03. The van der Waals surface area contributed by atoms with Gasteiger partial charge in [0.1, 0.15) is 21.5 Å². The number of nitrogens with two attached hydrogens (primary N) is 1. The van der Waals surface area contributed by atoms with E-state index < -0.39 is 0 Å². The first-order chi connectivity index (χ1) is 9.19. The number of rotatable bonds is 4. The van der Waals surface area contributed by atoms with Crippen molar-refractivity contribution in [2.24, 2.45) is 0 Å². The summed E-state index contributed by atoms with van der Waals surface area (Å²) in [5.41, 5.74) is 6.73. The van der Waals surface area contributed by atoms with Crippen molar-refractivity contribution in [2.45, 2.75) is 26.2 Å². The van der Waals surface area contributed by atoms with Crippen LogP contribution in [-0.4, -0.2) is 25.5 Å². The van der Waals surface area contributed by atoms with Crippen LogP contribution in [0.4, 0.5) is 10.7 Å². The van der Waals surface area contributed by atoms with Crippen LogP contribution in [0.25, 0.3) is 0 Å². The maximum Gasteiger partial charge on any atom is 0.263 e. The van der Waals surface area contributed by atoms with Gasteiger partial charge in [-0.2, -0.15) is 5.26 Å². The van der Waals surface area contributed by atoms with E-state index in [1.807, 2.05) is 6.92 Å². The topological polar surface area (TPSA) is 82.2 Å². The van der Waals surface area contributed by atoms with Crippen LogP contribution in [0.5, 0.6) is 0 Å². The van der Waals surface area contributed by atoms with Gasteiger partial charge in [-0.3, -0.25) is 4.79 Å². The predicted octanol–water partition coefficient (Wildman–Crippen LogP) is 1.94. The Morgan fingerprint density at radius 3 is 2.79 bits per heavy atom. The highest BCUT2D eigenvalue weighted by Crippen LogP contribution is 2.39. The summed E-state index contributed by atoms with van der Waals surface area (Å²) in [6.07, 6.45) is 3.13. The van der Waals surface area contributed by atoms with Crippen molar-refractivity contribution in [1.29, 1.82) is 5.26 Å². The van der Waals surface area contributed by atoms with E-state index in [0.717, 1.165) is 37.4 Å². The van der Waals surface area contributed by atoms with Crippen molar-refractivity contribution in [3.63, 3.8) is 0 Å². The first-order valence-corrected chi connectivity index (χ1v) is 7.36. The molecule has 1 aliphatic rings. The number of thiophene rings is 1. The molecule has 19 heavy (non-hydrogen) atoms. The van der Waals surface area contributed by atoms with E-state index in [1.165, 1.54) is 11.3 Å². The Kier molecular flexibility index (Phi) is 4.27. The van der Waals surface area contributed by atoms with Crippen LogP contribution in [0.3, 0.4) is 0 Å². The molecule has 1 aromatic rings. The Morgan fingerprint density at radius 1 is 1.53 bits per heavy atom. The number of carbonyl (C=O) groups is 1. The predicted molar refractivity (Wildman–Crippen MR) is 77.5 cm³/mol. The van der Waals surface area contributed by atoms with Gasteiger partial charge in [-0.1, -0.05) is 6.92 Å². The van der Waals surface area contributed by atoms with Crippen molar-refractivity contribution >= 4 is 27.9 Å². The molecule has 0 atom stereocenters. The molecule has 1 aromatic heterocycles. The molecule has 3 N–H and O–H groups in total. The lowest BCUT2D eigenvalue weighted by atomic mass is 10.2. The summed E-state index contributed by atoms with van der Waals surface area (Å²) in [6, 6.07) is 2.14. The van der Waals surface area contributed by atoms with Gasteiger partial charge >= 0.3 is 0 Å². The molecular formula is C13H18N4OS. The third-order valence-corrected chi connectivity index (χ3v) is 4.44. The van der Waals surface area contributed by atoms with Crippen LogP contribution < -0.4 is 16.0 Å². The average molecular weight is 278 g/mol. The fourth-order valence-corrected chi connectivity index (χ4v) is 3.31. The molecule has 0 radical (unpaired) electrons. The monoisotopic (exact) mass is 278 g/mol. The van der Waals surface area contributed by atoms with E-state index in [4.69, 9.17) is 5.73 Å². The van der Waals surface area contributed by atoms with E-state index in [-0.39, 0.29) is 5.91 Å². The van der Waals surface area contributed by atoms with Gasteiger partial charge in [-0.15, -0.1) is 11.3 Å². The summed E-state index contributed by atoms with van der Waals surface area (Å²) in [5, 5.41) is 12.9. The quantitative estimate of drug-likeness (QED) is 0.881. The molecule has 0 aliphatic carbocycles. The highest BCUT2D eigenvalue weighted by Gasteiger charge is 2.25. The fourth-order valence-electron chi connectivity index (χ4n) is 2.17. The molecule has 1 aliphatic heterocycles. The standard InChI is InChI=1S/C13H18N4OS/c1-2-5-16-12(18)11-10(15)9(8-14)13(19-11)17-6-3-4-7-17/h2-7,15H2,1H3,(H,16,18). The van der Waals surface area contributed by atoms with Gasteiger partial charge in [0, 0.05) is 19.6 Å². The Balaban J connectivity index is 2.30. The van der Waals surface area contributed by atoms with Crippen LogP contribution in [-0.2, 0) is 0 Å². The van der Waals surface area contributed by atoms with Crippen molar-refractivity contribution < 1.29 is 4.79 Å². The molecular weight excluding hydrogens is 260 g/mol. The van der Waals surface area contributed by atoms with Gasteiger partial charge in [-0.05, 0) is 19.3 Å². The molecule has 0 spiro atoms. The summed E-state index contributed by atoms with van der Waals surface area (Å²) < 4.78 is 0. The number of amides is 1. The molecule has 1 amide bonds. The fraction of sp³-hybridized carbons (Fsp3) is 0.538.